The molecule has 0 saturated heterocycles. The van der Waals surface area contributed by atoms with E-state index in [9.17, 15) is 4.79 Å². The number of halogens is 3. The van der Waals surface area contributed by atoms with Crippen LogP contribution < -0.4 is 5.32 Å². The van der Waals surface area contributed by atoms with Gasteiger partial charge in [0.1, 0.15) is 0 Å². The van der Waals surface area contributed by atoms with Gasteiger partial charge in [0, 0.05) is 32.9 Å². The summed E-state index contributed by atoms with van der Waals surface area (Å²) in [6, 6.07) is 5.20. The average Bonchev–Trinajstić information content (AvgIpc) is 2.84. The molecule has 0 unspecified atom stereocenters. The molecule has 104 valence electrons. The Morgan fingerprint density at radius 3 is 2.58 bits per heavy atom. The molecule has 1 aromatic carbocycles. The highest BCUT2D eigenvalue weighted by Crippen LogP contribution is 2.38. The maximum absolute atomic E-state index is 12.1. The molecule has 0 aromatic heterocycles. The van der Waals surface area contributed by atoms with Crippen molar-refractivity contribution >= 4 is 45.0 Å². The van der Waals surface area contributed by atoms with Crippen LogP contribution in [0.4, 0.5) is 0 Å². The summed E-state index contributed by atoms with van der Waals surface area (Å²) in [5.74, 6) is 0.506. The van der Waals surface area contributed by atoms with Gasteiger partial charge >= 0.3 is 0 Å². The van der Waals surface area contributed by atoms with E-state index in [1.165, 1.54) is 12.8 Å². The summed E-state index contributed by atoms with van der Waals surface area (Å²) in [5, 5.41) is 3.53. The first kappa shape index (κ1) is 15.1. The predicted molar refractivity (Wildman–Crippen MR) is 83.1 cm³/mol. The molecular formula is C14H16BrCl2NO. The van der Waals surface area contributed by atoms with Crippen LogP contribution in [-0.2, 0) is 0 Å². The third kappa shape index (κ3) is 3.87. The Morgan fingerprint density at radius 1 is 1.32 bits per heavy atom. The smallest absolute Gasteiger partial charge is 0.251 e. The van der Waals surface area contributed by atoms with E-state index < -0.39 is 0 Å². The van der Waals surface area contributed by atoms with Crippen molar-refractivity contribution in [2.45, 2.75) is 25.7 Å². The first-order valence-electron chi connectivity index (χ1n) is 6.35. The van der Waals surface area contributed by atoms with Gasteiger partial charge in [0.15, 0.2) is 0 Å². The molecular weight excluding hydrogens is 349 g/mol. The highest BCUT2D eigenvalue weighted by Gasteiger charge is 2.33. The Hall–Kier alpha value is -0.250. The highest BCUT2D eigenvalue weighted by molar-refractivity contribution is 9.10. The van der Waals surface area contributed by atoms with E-state index in [-0.39, 0.29) is 11.3 Å². The molecule has 0 aliphatic heterocycles. The summed E-state index contributed by atoms with van der Waals surface area (Å²) >= 11 is 15.3. The van der Waals surface area contributed by atoms with Gasteiger partial charge < -0.3 is 5.32 Å². The third-order valence-electron chi connectivity index (χ3n) is 3.70. The number of amides is 1. The summed E-state index contributed by atoms with van der Waals surface area (Å²) in [6.07, 6.45) is 4.59. The number of hydrogen-bond acceptors (Lipinski definition) is 1. The number of rotatable bonds is 4. The van der Waals surface area contributed by atoms with Crippen LogP contribution >= 0.6 is 39.1 Å². The molecule has 0 radical (unpaired) electrons. The molecule has 0 heterocycles. The van der Waals surface area contributed by atoms with Crippen LogP contribution in [0, 0.1) is 5.41 Å². The lowest BCUT2D eigenvalue weighted by atomic mass is 9.88. The zero-order chi connectivity index (χ0) is 13.9. The zero-order valence-electron chi connectivity index (χ0n) is 10.5. The van der Waals surface area contributed by atoms with Gasteiger partial charge in [-0.15, -0.1) is 11.6 Å². The predicted octanol–water partition coefficient (Wildman–Crippen LogP) is 4.63. The van der Waals surface area contributed by atoms with Crippen molar-refractivity contribution in [1.82, 2.24) is 5.32 Å². The maximum atomic E-state index is 12.1. The normalized spacial score (nSPS) is 17.4. The second-order valence-electron chi connectivity index (χ2n) is 5.18. The van der Waals surface area contributed by atoms with Crippen LogP contribution in [-0.4, -0.2) is 18.3 Å². The van der Waals surface area contributed by atoms with Gasteiger partial charge in [-0.1, -0.05) is 40.4 Å². The summed E-state index contributed by atoms with van der Waals surface area (Å²) in [7, 11) is 0. The van der Waals surface area contributed by atoms with Crippen LogP contribution in [0.2, 0.25) is 5.02 Å². The van der Waals surface area contributed by atoms with Gasteiger partial charge in [-0.05, 0) is 31.0 Å². The fourth-order valence-corrected chi connectivity index (χ4v) is 3.76. The van der Waals surface area contributed by atoms with Gasteiger partial charge in [-0.2, -0.15) is 0 Å². The van der Waals surface area contributed by atoms with Crippen LogP contribution in [0.1, 0.15) is 36.0 Å². The monoisotopic (exact) mass is 363 g/mol. The third-order valence-corrected chi connectivity index (χ3v) is 4.94. The minimum atomic E-state index is -0.0976. The minimum absolute atomic E-state index is 0.0764. The van der Waals surface area contributed by atoms with Crippen molar-refractivity contribution in [3.05, 3.63) is 33.3 Å². The second-order valence-corrected chi connectivity index (χ2v) is 6.80. The summed E-state index contributed by atoms with van der Waals surface area (Å²) < 4.78 is 0.804. The van der Waals surface area contributed by atoms with Crippen molar-refractivity contribution in [3.8, 4) is 0 Å². The Kier molecular flexibility index (Phi) is 5.15. The Bertz CT molecular complexity index is 452. The molecule has 1 aromatic rings. The van der Waals surface area contributed by atoms with Crippen LogP contribution in [0.3, 0.4) is 0 Å². The first-order chi connectivity index (χ1) is 9.04. The molecule has 5 heteroatoms. The number of benzene rings is 1. The molecule has 0 atom stereocenters. The molecule has 1 saturated carbocycles. The summed E-state index contributed by atoms with van der Waals surface area (Å²) in [4.78, 5) is 12.1. The Labute approximate surface area is 132 Å². The van der Waals surface area contributed by atoms with E-state index in [4.69, 9.17) is 23.2 Å². The molecule has 1 fully saturated rings. The van der Waals surface area contributed by atoms with E-state index in [2.05, 4.69) is 21.2 Å². The number of alkyl halides is 1. The van der Waals surface area contributed by atoms with E-state index in [1.807, 2.05) is 0 Å². The van der Waals surface area contributed by atoms with Gasteiger partial charge in [0.2, 0.25) is 0 Å². The molecule has 1 aliphatic carbocycles. The van der Waals surface area contributed by atoms with Crippen molar-refractivity contribution < 1.29 is 4.79 Å². The maximum Gasteiger partial charge on any atom is 0.251 e. The van der Waals surface area contributed by atoms with Gasteiger partial charge in [-0.25, -0.2) is 0 Å². The molecule has 19 heavy (non-hydrogen) atoms. The van der Waals surface area contributed by atoms with Crippen molar-refractivity contribution in [2.75, 3.05) is 12.4 Å². The summed E-state index contributed by atoms with van der Waals surface area (Å²) in [6.45, 7) is 0.638. The fraction of sp³-hybridized carbons (Fsp3) is 0.500. The molecule has 0 spiro atoms. The standard InChI is InChI=1S/C14H16BrCl2NO/c15-11-5-10(6-12(17)7-11)13(19)18-9-14(8-16)3-1-2-4-14/h5-7H,1-4,8-9H2,(H,18,19). The van der Waals surface area contributed by atoms with Gasteiger partial charge in [0.25, 0.3) is 5.91 Å². The van der Waals surface area contributed by atoms with E-state index in [0.717, 1.165) is 17.3 Å². The molecule has 0 bridgehead atoms. The van der Waals surface area contributed by atoms with E-state index in [0.29, 0.717) is 23.0 Å². The number of carbonyl (C=O) groups excluding carboxylic acids is 1. The molecule has 2 rings (SSSR count). The Balaban J connectivity index is 2.01. The van der Waals surface area contributed by atoms with E-state index >= 15 is 0 Å². The van der Waals surface area contributed by atoms with Gasteiger partial charge in [-0.3, -0.25) is 4.79 Å². The lowest BCUT2D eigenvalue weighted by Gasteiger charge is -2.26. The SMILES string of the molecule is O=C(NCC1(CCl)CCCC1)c1cc(Cl)cc(Br)c1. The fourth-order valence-electron chi connectivity index (χ4n) is 2.54. The number of nitrogens with one attached hydrogen (secondary N) is 1. The quantitative estimate of drug-likeness (QED) is 0.775. The Morgan fingerprint density at radius 2 is 2.00 bits per heavy atom. The lowest BCUT2D eigenvalue weighted by Crippen LogP contribution is -2.37. The second kappa shape index (κ2) is 6.47. The average molecular weight is 365 g/mol. The first-order valence-corrected chi connectivity index (χ1v) is 8.05. The molecule has 2 nitrogen and oxygen atoms in total. The van der Waals surface area contributed by atoms with Crippen LogP contribution in [0.15, 0.2) is 22.7 Å². The molecule has 1 N–H and O–H groups in total. The topological polar surface area (TPSA) is 29.1 Å². The van der Waals surface area contributed by atoms with Crippen molar-refractivity contribution in [3.63, 3.8) is 0 Å². The molecule has 1 aliphatic rings. The largest absolute Gasteiger partial charge is 0.351 e. The lowest BCUT2D eigenvalue weighted by molar-refractivity contribution is 0.0935. The van der Waals surface area contributed by atoms with Crippen molar-refractivity contribution in [1.29, 1.82) is 0 Å². The highest BCUT2D eigenvalue weighted by atomic mass is 79.9. The van der Waals surface area contributed by atoms with E-state index in [1.54, 1.807) is 18.2 Å². The van der Waals surface area contributed by atoms with Crippen LogP contribution in [0.25, 0.3) is 0 Å². The summed E-state index contributed by atoms with van der Waals surface area (Å²) in [5.41, 5.74) is 0.648. The van der Waals surface area contributed by atoms with Crippen LogP contribution in [0.5, 0.6) is 0 Å². The van der Waals surface area contributed by atoms with Gasteiger partial charge in [0.05, 0.1) is 0 Å². The minimum Gasteiger partial charge on any atom is -0.351 e. The molecule has 1 amide bonds. The van der Waals surface area contributed by atoms with Crippen molar-refractivity contribution in [2.24, 2.45) is 5.41 Å². The number of hydrogen-bond donors (Lipinski definition) is 1. The zero-order valence-corrected chi connectivity index (χ0v) is 13.6. The number of carbonyl (C=O) groups is 1.